The van der Waals surface area contributed by atoms with Gasteiger partial charge in [0.05, 0.1) is 28.2 Å². The number of sulfonamides is 1. The Balaban J connectivity index is 1.62. The van der Waals surface area contributed by atoms with Crippen LogP contribution in [0.1, 0.15) is 10.4 Å². The Morgan fingerprint density at radius 3 is 2.62 bits per heavy atom. The third-order valence-corrected chi connectivity index (χ3v) is 6.64. The molecule has 0 aliphatic heterocycles. The van der Waals surface area contributed by atoms with Crippen LogP contribution in [0.4, 0.5) is 11.4 Å². The van der Waals surface area contributed by atoms with Crippen molar-refractivity contribution < 1.29 is 23.1 Å². The Morgan fingerprint density at radius 1 is 1.09 bits per heavy atom. The van der Waals surface area contributed by atoms with Crippen LogP contribution in [0.5, 0.6) is 11.6 Å². The number of H-pyrrole nitrogens is 1. The summed E-state index contributed by atoms with van der Waals surface area (Å²) in [4.78, 5) is 15.1. The number of carbonyl (C=O) groups is 1. The molecule has 0 aliphatic carbocycles. The van der Waals surface area contributed by atoms with E-state index < -0.39 is 15.9 Å². The number of hydrogen-bond donors (Lipinski definition) is 3. The molecule has 0 bridgehead atoms. The van der Waals surface area contributed by atoms with Gasteiger partial charge in [-0.05, 0) is 42.5 Å². The van der Waals surface area contributed by atoms with Crippen molar-refractivity contribution >= 4 is 61.4 Å². The Morgan fingerprint density at radius 2 is 1.85 bits per heavy atom. The lowest BCUT2D eigenvalue weighted by Crippen LogP contribution is -2.14. The highest BCUT2D eigenvalue weighted by Gasteiger charge is 2.19. The normalized spacial score (nSPS) is 11.7. The second-order valence-electron chi connectivity index (χ2n) is 6.97. The number of azo groups is 1. The van der Waals surface area contributed by atoms with Gasteiger partial charge in [-0.3, -0.25) is 9.52 Å². The maximum Gasteiger partial charge on any atom is 0.295 e. The number of aromatic hydroxyl groups is 1. The van der Waals surface area contributed by atoms with Gasteiger partial charge in [-0.2, -0.15) is 0 Å². The van der Waals surface area contributed by atoms with Crippen LogP contribution >= 0.6 is 23.2 Å². The fourth-order valence-corrected chi connectivity index (χ4v) is 4.83. The van der Waals surface area contributed by atoms with Crippen molar-refractivity contribution in [2.24, 2.45) is 10.2 Å². The second-order valence-corrected chi connectivity index (χ2v) is 9.50. The van der Waals surface area contributed by atoms with Gasteiger partial charge in [-0.25, -0.2) is 8.42 Å². The molecule has 12 heteroatoms. The Labute approximate surface area is 204 Å². The lowest BCUT2D eigenvalue weighted by molar-refractivity contribution is 0.0995. The van der Waals surface area contributed by atoms with Gasteiger partial charge < -0.3 is 14.8 Å². The van der Waals surface area contributed by atoms with Crippen LogP contribution in [0.3, 0.4) is 0 Å². The number of benzene rings is 3. The van der Waals surface area contributed by atoms with Crippen molar-refractivity contribution in [2.45, 2.75) is 4.90 Å². The molecule has 1 heterocycles. The molecule has 0 atom stereocenters. The summed E-state index contributed by atoms with van der Waals surface area (Å²) in [5.74, 6) is -0.838. The number of ether oxygens (including phenoxy) is 1. The molecule has 0 aliphatic rings. The quantitative estimate of drug-likeness (QED) is 0.272. The molecular formula is C22H16Cl2N4O5S. The maximum absolute atomic E-state index is 12.8. The summed E-state index contributed by atoms with van der Waals surface area (Å²) in [5, 5.41) is 18.5. The van der Waals surface area contributed by atoms with Crippen molar-refractivity contribution in [1.82, 2.24) is 4.98 Å². The Hall–Kier alpha value is -3.60. The molecule has 0 spiro atoms. The van der Waals surface area contributed by atoms with Crippen molar-refractivity contribution in [3.05, 3.63) is 76.3 Å². The number of nitrogens with one attached hydrogen (secondary N) is 2. The van der Waals surface area contributed by atoms with E-state index >= 15 is 0 Å². The van der Waals surface area contributed by atoms with Crippen molar-refractivity contribution in [3.63, 3.8) is 0 Å². The SMILES string of the molecule is COc1ccccc1NS(=O)(=O)c1cccc(C(=O)N=Nc2c(O)[nH]c3c(Cl)cc(Cl)cc23)c1. The number of hydrogen-bond acceptors (Lipinski definition) is 6. The molecule has 0 fully saturated rings. The summed E-state index contributed by atoms with van der Waals surface area (Å²) in [6.07, 6.45) is 0. The van der Waals surface area contributed by atoms with Crippen molar-refractivity contribution in [1.29, 1.82) is 0 Å². The number of anilines is 1. The molecule has 0 unspecified atom stereocenters. The zero-order chi connectivity index (χ0) is 24.5. The molecule has 9 nitrogen and oxygen atoms in total. The zero-order valence-corrected chi connectivity index (χ0v) is 19.7. The molecule has 1 aromatic heterocycles. The molecule has 4 rings (SSSR count). The number of aromatic amines is 1. The molecule has 3 N–H and O–H groups in total. The van der Waals surface area contributed by atoms with Crippen LogP contribution < -0.4 is 9.46 Å². The van der Waals surface area contributed by atoms with Gasteiger partial charge in [0.25, 0.3) is 15.9 Å². The summed E-state index contributed by atoms with van der Waals surface area (Å²) in [6.45, 7) is 0. The highest BCUT2D eigenvalue weighted by molar-refractivity contribution is 7.92. The van der Waals surface area contributed by atoms with Crippen LogP contribution in [0, 0.1) is 0 Å². The van der Waals surface area contributed by atoms with Gasteiger partial charge >= 0.3 is 0 Å². The first kappa shape index (κ1) is 23.6. The van der Waals surface area contributed by atoms with E-state index in [0.717, 1.165) is 0 Å². The zero-order valence-electron chi connectivity index (χ0n) is 17.4. The van der Waals surface area contributed by atoms with E-state index in [4.69, 9.17) is 27.9 Å². The van der Waals surface area contributed by atoms with Crippen LogP contribution in [0.25, 0.3) is 10.9 Å². The van der Waals surface area contributed by atoms with Gasteiger partial charge in [0.2, 0.25) is 5.88 Å². The fourth-order valence-electron chi connectivity index (χ4n) is 3.18. The van der Waals surface area contributed by atoms with Crippen molar-refractivity contribution in [2.75, 3.05) is 11.8 Å². The molecule has 3 aromatic carbocycles. The Bertz CT molecular complexity index is 1550. The molecular weight excluding hydrogens is 503 g/mol. The van der Waals surface area contributed by atoms with Crippen LogP contribution in [-0.4, -0.2) is 31.5 Å². The monoisotopic (exact) mass is 518 g/mol. The van der Waals surface area contributed by atoms with Gasteiger partial charge in [-0.15, -0.1) is 10.2 Å². The minimum Gasteiger partial charge on any atom is -0.495 e. The summed E-state index contributed by atoms with van der Waals surface area (Å²) in [6, 6.07) is 14.8. The molecule has 0 saturated heterocycles. The molecule has 0 radical (unpaired) electrons. The topological polar surface area (TPSA) is 133 Å². The number of carbonyl (C=O) groups excluding carboxylic acids is 1. The first-order valence-electron chi connectivity index (χ1n) is 9.61. The van der Waals surface area contributed by atoms with E-state index in [9.17, 15) is 18.3 Å². The highest BCUT2D eigenvalue weighted by atomic mass is 35.5. The minimum atomic E-state index is -4.03. The fraction of sp³-hybridized carbons (Fsp3) is 0.0455. The van der Waals surface area contributed by atoms with E-state index in [1.54, 1.807) is 24.3 Å². The van der Waals surface area contributed by atoms with E-state index in [1.807, 2.05) is 0 Å². The number of para-hydroxylation sites is 2. The maximum atomic E-state index is 12.8. The van der Waals surface area contributed by atoms with Crippen LogP contribution in [0.2, 0.25) is 10.0 Å². The van der Waals surface area contributed by atoms with Gasteiger partial charge in [0, 0.05) is 16.0 Å². The lowest BCUT2D eigenvalue weighted by atomic mass is 10.2. The van der Waals surface area contributed by atoms with E-state index in [-0.39, 0.29) is 32.7 Å². The average Bonchev–Trinajstić information content (AvgIpc) is 3.13. The third kappa shape index (κ3) is 4.69. The number of rotatable bonds is 6. The van der Waals surface area contributed by atoms with Gasteiger partial charge in [-0.1, -0.05) is 41.4 Å². The van der Waals surface area contributed by atoms with Crippen LogP contribution in [0.15, 0.2) is 75.8 Å². The highest BCUT2D eigenvalue weighted by Crippen LogP contribution is 2.40. The molecule has 174 valence electrons. The summed E-state index contributed by atoms with van der Waals surface area (Å²) in [7, 11) is -2.61. The standard InChI is InChI=1S/C22H16Cl2N4O5S/c1-33-18-8-3-2-7-17(18)28-34(31,32)14-6-4-5-12(9-14)21(29)27-26-20-15-10-13(23)11-16(24)19(15)25-22(20)30/h2-11,25,28,30H,1H3. The van der Waals surface area contributed by atoms with Crippen LogP contribution in [-0.2, 0) is 10.0 Å². The van der Waals surface area contributed by atoms with Crippen molar-refractivity contribution in [3.8, 4) is 11.6 Å². The molecule has 34 heavy (non-hydrogen) atoms. The number of aromatic nitrogens is 1. The minimum absolute atomic E-state index is 0.0259. The molecule has 1 amide bonds. The first-order chi connectivity index (χ1) is 16.2. The summed E-state index contributed by atoms with van der Waals surface area (Å²) < 4.78 is 33.3. The average molecular weight is 519 g/mol. The van der Waals surface area contributed by atoms with E-state index in [2.05, 4.69) is 19.9 Å². The second kappa shape index (κ2) is 9.34. The summed E-state index contributed by atoms with van der Waals surface area (Å²) in [5.41, 5.74) is 0.561. The number of halogens is 2. The summed E-state index contributed by atoms with van der Waals surface area (Å²) >= 11 is 12.1. The number of nitrogens with zero attached hydrogens (tertiary/aromatic N) is 2. The smallest absolute Gasteiger partial charge is 0.295 e. The predicted molar refractivity (Wildman–Crippen MR) is 129 cm³/mol. The largest absolute Gasteiger partial charge is 0.495 e. The third-order valence-electron chi connectivity index (χ3n) is 4.76. The number of fused-ring (bicyclic) bond motifs is 1. The molecule has 4 aromatic rings. The van der Waals surface area contributed by atoms with Gasteiger partial charge in [0.15, 0.2) is 5.69 Å². The number of amides is 1. The predicted octanol–water partition coefficient (Wildman–Crippen LogP) is 5.91. The lowest BCUT2D eigenvalue weighted by Gasteiger charge is -2.11. The van der Waals surface area contributed by atoms with Gasteiger partial charge in [0.1, 0.15) is 5.75 Å². The first-order valence-corrected chi connectivity index (χ1v) is 11.8. The van der Waals surface area contributed by atoms with E-state index in [0.29, 0.717) is 21.7 Å². The Kier molecular flexibility index (Phi) is 6.47. The molecule has 0 saturated carbocycles. The number of methoxy groups -OCH3 is 1. The van der Waals surface area contributed by atoms with E-state index in [1.165, 1.54) is 43.5 Å².